The molecule has 12 atom stereocenters. The number of aliphatic hydroxyl groups is 2. The number of carbonyl (C=O) groups is 5. The monoisotopic (exact) mass is 706 g/mol. The van der Waals surface area contributed by atoms with Gasteiger partial charge < -0.3 is 43.7 Å². The number of aromatic hydroxyl groups is 1. The van der Waals surface area contributed by atoms with E-state index in [1.165, 1.54) is 30.4 Å². The Bertz CT molecular complexity index is 1880. The summed E-state index contributed by atoms with van der Waals surface area (Å²) >= 11 is 0. The highest BCUT2D eigenvalue weighted by atomic mass is 16.7. The number of phenols is 1. The van der Waals surface area contributed by atoms with Gasteiger partial charge in [-0.2, -0.15) is 0 Å². The summed E-state index contributed by atoms with van der Waals surface area (Å²) in [5.41, 5.74) is -7.84. The molecule has 1 saturated carbocycles. The summed E-state index contributed by atoms with van der Waals surface area (Å²) < 4.78 is 36.0. The van der Waals surface area contributed by atoms with E-state index >= 15 is 0 Å². The van der Waals surface area contributed by atoms with Gasteiger partial charge in [0.15, 0.2) is 47.1 Å². The van der Waals surface area contributed by atoms with E-state index < -0.39 is 107 Å². The first-order valence-electron chi connectivity index (χ1n) is 17.1. The van der Waals surface area contributed by atoms with Crippen molar-refractivity contribution in [2.24, 2.45) is 0 Å². The second-order valence-corrected chi connectivity index (χ2v) is 14.8. The molecule has 1 unspecified atom stereocenters. The first-order chi connectivity index (χ1) is 24.0. The van der Waals surface area contributed by atoms with Gasteiger partial charge in [0, 0.05) is 42.4 Å². The molecule has 270 valence electrons. The molecule has 4 aliphatic heterocycles. The first kappa shape index (κ1) is 34.4. The van der Waals surface area contributed by atoms with E-state index in [9.17, 15) is 39.3 Å². The Hall–Kier alpha value is -3.73. The summed E-state index contributed by atoms with van der Waals surface area (Å²) in [4.78, 5) is 66.3. The third kappa shape index (κ3) is 5.11. The van der Waals surface area contributed by atoms with Crippen molar-refractivity contribution < 1.29 is 67.7 Å². The molecule has 14 heteroatoms. The number of hydrogen-bond acceptors (Lipinski definition) is 14. The Balaban J connectivity index is 1.07. The van der Waals surface area contributed by atoms with Gasteiger partial charge in [-0.3, -0.25) is 24.0 Å². The normalized spacial score (nSPS) is 43.3. The zero-order valence-electron chi connectivity index (χ0n) is 28.3. The maximum atomic E-state index is 14.2. The molecular weight excluding hydrogens is 668 g/mol. The minimum atomic E-state index is -2.81. The van der Waals surface area contributed by atoms with E-state index in [0.717, 1.165) is 6.08 Å². The number of phenolic OH excluding ortho intramolecular Hbond substituents is 1. The number of hydrogen-bond donors (Lipinski definition) is 3. The molecule has 1 aromatic carbocycles. The lowest BCUT2D eigenvalue weighted by Crippen LogP contribution is -2.69. The lowest BCUT2D eigenvalue weighted by molar-refractivity contribution is -0.347. The van der Waals surface area contributed by atoms with Crippen molar-refractivity contribution in [2.75, 3.05) is 0 Å². The minimum absolute atomic E-state index is 0.101. The topological polar surface area (TPSA) is 201 Å². The molecule has 0 radical (unpaired) electrons. The fraction of sp³-hybridized carbons (Fsp3) is 0.541. The van der Waals surface area contributed by atoms with Crippen LogP contribution in [0, 0.1) is 0 Å². The Morgan fingerprint density at radius 3 is 2.39 bits per heavy atom. The first-order valence-corrected chi connectivity index (χ1v) is 17.1. The SMILES string of the molecule is C[C@@H]1O[C@@H](O[C@@]2(C)CC(=O)[C@]3(O)C4=C(C=C[C@]3(O)C2)C(=O)c2c(ccc([C@H]3C[C@H]5OC6CC(=O)[C@H](C)O[C@H]6O[C@@H]5[C@@H](C)O3)c2O)C4=O)C=CC1=O. The average Bonchev–Trinajstić information content (AvgIpc) is 3.05. The lowest BCUT2D eigenvalue weighted by Gasteiger charge is -2.53. The van der Waals surface area contributed by atoms with Crippen LogP contribution in [0.5, 0.6) is 5.75 Å². The minimum Gasteiger partial charge on any atom is -0.507 e. The Morgan fingerprint density at radius 1 is 0.882 bits per heavy atom. The van der Waals surface area contributed by atoms with Crippen LogP contribution in [0.3, 0.4) is 0 Å². The molecule has 0 aromatic heterocycles. The smallest absolute Gasteiger partial charge is 0.198 e. The lowest BCUT2D eigenvalue weighted by atomic mass is 9.57. The highest BCUT2D eigenvalue weighted by Crippen LogP contribution is 2.53. The molecule has 4 fully saturated rings. The molecule has 4 heterocycles. The van der Waals surface area contributed by atoms with Gasteiger partial charge in [-0.05, 0) is 52.0 Å². The fourth-order valence-electron chi connectivity index (χ4n) is 8.60. The number of carbonyl (C=O) groups excluding carboxylic acids is 5. The number of fused-ring (bicyclic) bond motifs is 5. The van der Waals surface area contributed by atoms with Crippen molar-refractivity contribution in [3.05, 3.63) is 64.3 Å². The zero-order valence-corrected chi connectivity index (χ0v) is 28.3. The Kier molecular flexibility index (Phi) is 7.84. The number of ketones is 5. The zero-order chi connectivity index (χ0) is 36.4. The van der Waals surface area contributed by atoms with Crippen LogP contribution in [-0.4, -0.2) is 110 Å². The third-order valence-electron chi connectivity index (χ3n) is 11.2. The molecule has 0 spiro atoms. The van der Waals surface area contributed by atoms with Gasteiger partial charge in [-0.15, -0.1) is 0 Å². The maximum absolute atomic E-state index is 14.2. The van der Waals surface area contributed by atoms with E-state index in [1.807, 2.05) is 0 Å². The molecule has 3 aliphatic carbocycles. The van der Waals surface area contributed by atoms with Crippen LogP contribution in [0.2, 0.25) is 0 Å². The van der Waals surface area contributed by atoms with Crippen LogP contribution >= 0.6 is 0 Å². The van der Waals surface area contributed by atoms with Gasteiger partial charge in [0.2, 0.25) is 0 Å². The molecule has 3 N–H and O–H groups in total. The molecular formula is C37H38O14. The van der Waals surface area contributed by atoms with Gasteiger partial charge >= 0.3 is 0 Å². The number of allylic oxidation sites excluding steroid dienone is 2. The molecule has 14 nitrogen and oxygen atoms in total. The molecule has 0 amide bonds. The van der Waals surface area contributed by atoms with Crippen LogP contribution < -0.4 is 0 Å². The summed E-state index contributed by atoms with van der Waals surface area (Å²) in [5, 5.41) is 35.5. The Labute approximate surface area is 292 Å². The van der Waals surface area contributed by atoms with Crippen LogP contribution in [0.1, 0.15) is 85.8 Å². The van der Waals surface area contributed by atoms with Crippen molar-refractivity contribution in [1.29, 1.82) is 0 Å². The second kappa shape index (κ2) is 11.6. The number of rotatable bonds is 3. The fourth-order valence-corrected chi connectivity index (χ4v) is 8.60. The van der Waals surface area contributed by atoms with E-state index in [-0.39, 0.29) is 53.1 Å². The van der Waals surface area contributed by atoms with Crippen LogP contribution in [0.15, 0.2) is 47.6 Å². The summed E-state index contributed by atoms with van der Waals surface area (Å²) in [6, 6.07) is 2.77. The standard InChI is InChI=1S/C37H38O14/c1-15-21(38)7-8-27(47-15)51-35(4)13-26(40)37(45)29-20(9-10-36(37,44)14-35)31(42)28-19(32(29)43)6-5-18(30(28)41)23-12-24-33(17(3)46-23)50-34-25(49-24)11-22(39)16(2)48-34/h5-10,15-17,23-25,27,33-34,41,44-45H,11-14H2,1-4H3/t15-,16-,17+,23+,24+,25?,27-,33+,34-,35-,36-,37-/m0/s1. The molecule has 51 heavy (non-hydrogen) atoms. The average molecular weight is 707 g/mol. The van der Waals surface area contributed by atoms with Crippen LogP contribution in [0.25, 0.3) is 0 Å². The third-order valence-corrected chi connectivity index (χ3v) is 11.2. The van der Waals surface area contributed by atoms with Crippen molar-refractivity contribution in [1.82, 2.24) is 0 Å². The largest absolute Gasteiger partial charge is 0.507 e. The number of ether oxygens (including phenoxy) is 6. The highest BCUT2D eigenvalue weighted by Gasteiger charge is 2.67. The van der Waals surface area contributed by atoms with E-state index in [0.29, 0.717) is 0 Å². The maximum Gasteiger partial charge on any atom is 0.198 e. The van der Waals surface area contributed by atoms with E-state index in [1.54, 1.807) is 27.7 Å². The van der Waals surface area contributed by atoms with E-state index in [2.05, 4.69) is 0 Å². The quantitative estimate of drug-likeness (QED) is 0.411. The predicted molar refractivity (Wildman–Crippen MR) is 170 cm³/mol. The van der Waals surface area contributed by atoms with Crippen molar-refractivity contribution in [3.63, 3.8) is 0 Å². The summed E-state index contributed by atoms with van der Waals surface area (Å²) in [7, 11) is 0. The molecule has 8 rings (SSSR count). The molecule has 0 bridgehead atoms. The van der Waals surface area contributed by atoms with Crippen molar-refractivity contribution >= 4 is 28.9 Å². The van der Waals surface area contributed by atoms with Crippen LogP contribution in [-0.2, 0) is 42.8 Å². The van der Waals surface area contributed by atoms with Gasteiger partial charge in [-0.25, -0.2) is 0 Å². The summed E-state index contributed by atoms with van der Waals surface area (Å²) in [6.07, 6.45) is -1.66. The second-order valence-electron chi connectivity index (χ2n) is 14.8. The van der Waals surface area contributed by atoms with Gasteiger partial charge in [0.1, 0.15) is 35.8 Å². The Morgan fingerprint density at radius 2 is 1.65 bits per heavy atom. The molecule has 1 aromatic rings. The highest BCUT2D eigenvalue weighted by molar-refractivity contribution is 6.32. The summed E-state index contributed by atoms with van der Waals surface area (Å²) in [6.45, 7) is 6.53. The predicted octanol–water partition coefficient (Wildman–Crippen LogP) is 1.81. The molecule has 3 saturated heterocycles. The van der Waals surface area contributed by atoms with Crippen molar-refractivity contribution in [3.8, 4) is 5.75 Å². The van der Waals surface area contributed by atoms with Crippen molar-refractivity contribution in [2.45, 2.75) is 125 Å². The van der Waals surface area contributed by atoms with Gasteiger partial charge in [0.05, 0.1) is 35.0 Å². The van der Waals surface area contributed by atoms with Gasteiger partial charge in [0.25, 0.3) is 0 Å². The number of benzene rings is 1. The summed E-state index contributed by atoms with van der Waals surface area (Å²) in [5.74, 6) is -3.55. The van der Waals surface area contributed by atoms with E-state index in [4.69, 9.17) is 28.4 Å². The molecule has 7 aliphatic rings. The van der Waals surface area contributed by atoms with Crippen LogP contribution in [0.4, 0.5) is 0 Å². The van der Waals surface area contributed by atoms with Gasteiger partial charge in [-0.1, -0.05) is 12.1 Å². The number of Topliss-reactive ketones (excluding diaryl/α,β-unsaturated/α-hetero) is 4.